The van der Waals surface area contributed by atoms with Crippen molar-refractivity contribution in [2.24, 2.45) is 4.99 Å². The number of piperidine rings is 1. The van der Waals surface area contributed by atoms with Crippen LogP contribution in [0.1, 0.15) is 57.2 Å². The molecule has 0 amide bonds. The first-order valence-electron chi connectivity index (χ1n) is 10.1. The molecular weight excluding hydrogens is 471 g/mol. The van der Waals surface area contributed by atoms with Crippen molar-refractivity contribution in [2.75, 3.05) is 39.3 Å². The Labute approximate surface area is 186 Å². The lowest BCUT2D eigenvalue weighted by Crippen LogP contribution is -2.39. The highest BCUT2D eigenvalue weighted by Crippen LogP contribution is 2.25. The first-order valence-corrected chi connectivity index (χ1v) is 11.0. The maximum atomic E-state index is 10.6. The van der Waals surface area contributed by atoms with E-state index in [9.17, 15) is 5.11 Å². The van der Waals surface area contributed by atoms with Crippen LogP contribution in [0.25, 0.3) is 0 Å². The van der Waals surface area contributed by atoms with Gasteiger partial charge in [0.2, 0.25) is 0 Å². The van der Waals surface area contributed by atoms with Gasteiger partial charge < -0.3 is 20.6 Å². The molecule has 0 saturated carbocycles. The van der Waals surface area contributed by atoms with Crippen LogP contribution in [0.2, 0.25) is 0 Å². The molecular formula is C20H37IN4OS. The van der Waals surface area contributed by atoms with Gasteiger partial charge in [0.25, 0.3) is 0 Å². The highest BCUT2D eigenvalue weighted by molar-refractivity contribution is 14.0. The zero-order valence-corrected chi connectivity index (χ0v) is 20.0. The Morgan fingerprint density at radius 2 is 2.00 bits per heavy atom. The summed E-state index contributed by atoms with van der Waals surface area (Å²) in [5, 5.41) is 19.2. The third-order valence-corrected chi connectivity index (χ3v) is 5.96. The van der Waals surface area contributed by atoms with E-state index in [1.165, 1.54) is 51.7 Å². The van der Waals surface area contributed by atoms with Crippen LogP contribution in [0, 0.1) is 0 Å². The number of nitrogens with one attached hydrogen (secondary N) is 2. The second-order valence-electron chi connectivity index (χ2n) is 7.34. The van der Waals surface area contributed by atoms with Gasteiger partial charge in [0.1, 0.15) is 5.60 Å². The topological polar surface area (TPSA) is 59.9 Å². The van der Waals surface area contributed by atoms with Gasteiger partial charge in [-0.15, -0.1) is 35.3 Å². The number of hydrogen-bond donors (Lipinski definition) is 3. The van der Waals surface area contributed by atoms with Crippen molar-refractivity contribution >= 4 is 41.3 Å². The minimum absolute atomic E-state index is 0. The summed E-state index contributed by atoms with van der Waals surface area (Å²) in [6.07, 6.45) is 7.84. The molecule has 1 saturated heterocycles. The van der Waals surface area contributed by atoms with Crippen LogP contribution >= 0.6 is 35.3 Å². The molecule has 27 heavy (non-hydrogen) atoms. The Morgan fingerprint density at radius 3 is 2.67 bits per heavy atom. The molecule has 7 heteroatoms. The number of aliphatic hydroxyl groups is 1. The monoisotopic (exact) mass is 508 g/mol. The maximum Gasteiger partial charge on any atom is 0.191 e. The molecule has 5 nitrogen and oxygen atoms in total. The third-order valence-electron chi connectivity index (χ3n) is 4.83. The van der Waals surface area contributed by atoms with E-state index in [1.807, 2.05) is 24.4 Å². The van der Waals surface area contributed by atoms with E-state index in [4.69, 9.17) is 0 Å². The van der Waals surface area contributed by atoms with Crippen molar-refractivity contribution in [3.05, 3.63) is 22.4 Å². The quantitative estimate of drug-likeness (QED) is 0.195. The van der Waals surface area contributed by atoms with Gasteiger partial charge in [0.15, 0.2) is 5.96 Å². The molecule has 2 rings (SSSR count). The number of nitrogens with zero attached hydrogens (tertiary/aromatic N) is 2. The smallest absolute Gasteiger partial charge is 0.191 e. The largest absolute Gasteiger partial charge is 0.383 e. The zero-order chi connectivity index (χ0) is 18.7. The van der Waals surface area contributed by atoms with Crippen molar-refractivity contribution < 1.29 is 5.11 Å². The first kappa shape index (κ1) is 24.7. The second-order valence-corrected chi connectivity index (χ2v) is 8.28. The number of aliphatic imine (C=N–C) groups is 1. The van der Waals surface area contributed by atoms with Gasteiger partial charge in [-0.2, -0.15) is 0 Å². The van der Waals surface area contributed by atoms with Gasteiger partial charge in [-0.25, -0.2) is 4.99 Å². The Hall–Kier alpha value is -0.380. The van der Waals surface area contributed by atoms with E-state index in [0.717, 1.165) is 30.3 Å². The molecule has 2 heterocycles. The molecule has 0 aliphatic carbocycles. The summed E-state index contributed by atoms with van der Waals surface area (Å²) in [7, 11) is 0. The summed E-state index contributed by atoms with van der Waals surface area (Å²) in [5.74, 6) is 0.792. The van der Waals surface area contributed by atoms with Crippen molar-refractivity contribution in [3.8, 4) is 0 Å². The van der Waals surface area contributed by atoms with E-state index in [2.05, 4.69) is 27.4 Å². The Kier molecular flexibility index (Phi) is 12.5. The van der Waals surface area contributed by atoms with Crippen LogP contribution in [0.3, 0.4) is 0 Å². The standard InChI is InChI=1S/C20H36N4OS.HI/c1-3-21-19(23-17-20(2,25)18-11-10-16-26-18)22-12-6-4-7-13-24-14-8-5-9-15-24;/h10-11,16,25H,3-9,12-15,17H2,1-2H3,(H2,21,22,23);1H. The van der Waals surface area contributed by atoms with Gasteiger partial charge in [-0.1, -0.05) is 18.9 Å². The molecule has 1 atom stereocenters. The van der Waals surface area contributed by atoms with Crippen molar-refractivity contribution in [1.29, 1.82) is 0 Å². The van der Waals surface area contributed by atoms with Crippen molar-refractivity contribution in [3.63, 3.8) is 0 Å². The van der Waals surface area contributed by atoms with E-state index in [0.29, 0.717) is 6.54 Å². The molecule has 1 fully saturated rings. The lowest BCUT2D eigenvalue weighted by atomic mass is 10.1. The number of guanidine groups is 1. The summed E-state index contributed by atoms with van der Waals surface area (Å²) < 4.78 is 0. The summed E-state index contributed by atoms with van der Waals surface area (Å²) in [6.45, 7) is 9.82. The predicted octanol–water partition coefficient (Wildman–Crippen LogP) is 3.78. The lowest BCUT2D eigenvalue weighted by Gasteiger charge is -2.26. The van der Waals surface area contributed by atoms with Gasteiger partial charge in [0, 0.05) is 18.0 Å². The SMILES string of the molecule is CCNC(=NCC(C)(O)c1cccs1)NCCCCCN1CCCCC1.I. The molecule has 0 bridgehead atoms. The van der Waals surface area contributed by atoms with Crippen LogP contribution in [0.4, 0.5) is 0 Å². The number of thiophene rings is 1. The number of halogens is 1. The summed E-state index contributed by atoms with van der Waals surface area (Å²) in [4.78, 5) is 8.14. The number of likely N-dealkylation sites (tertiary alicyclic amines) is 1. The molecule has 1 aliphatic heterocycles. The molecule has 1 aromatic heterocycles. The average molecular weight is 509 g/mol. The Balaban J connectivity index is 0.00000364. The zero-order valence-electron chi connectivity index (χ0n) is 16.9. The third kappa shape index (κ3) is 9.58. The van der Waals surface area contributed by atoms with E-state index >= 15 is 0 Å². The highest BCUT2D eigenvalue weighted by Gasteiger charge is 2.23. The van der Waals surface area contributed by atoms with Crippen LogP contribution in [0.5, 0.6) is 0 Å². The summed E-state index contributed by atoms with van der Waals surface area (Å²) in [6, 6.07) is 3.93. The fourth-order valence-electron chi connectivity index (χ4n) is 3.26. The van der Waals surface area contributed by atoms with E-state index in [-0.39, 0.29) is 24.0 Å². The highest BCUT2D eigenvalue weighted by atomic mass is 127. The Morgan fingerprint density at radius 1 is 1.22 bits per heavy atom. The molecule has 1 aromatic rings. The molecule has 1 aliphatic rings. The van der Waals surface area contributed by atoms with Crippen LogP contribution < -0.4 is 10.6 Å². The fraction of sp³-hybridized carbons (Fsp3) is 0.750. The Bertz CT molecular complexity index is 516. The minimum Gasteiger partial charge on any atom is -0.383 e. The summed E-state index contributed by atoms with van der Waals surface area (Å²) >= 11 is 1.57. The van der Waals surface area contributed by atoms with Gasteiger partial charge in [-0.3, -0.25) is 0 Å². The van der Waals surface area contributed by atoms with Crippen molar-refractivity contribution in [2.45, 2.75) is 58.0 Å². The number of unbranched alkanes of at least 4 members (excludes halogenated alkanes) is 2. The predicted molar refractivity (Wildman–Crippen MR) is 127 cm³/mol. The van der Waals surface area contributed by atoms with Crippen molar-refractivity contribution in [1.82, 2.24) is 15.5 Å². The fourth-order valence-corrected chi connectivity index (χ4v) is 4.04. The normalized spacial score (nSPS) is 17.8. The van der Waals surface area contributed by atoms with E-state index in [1.54, 1.807) is 11.3 Å². The van der Waals surface area contributed by atoms with Gasteiger partial charge in [-0.05, 0) is 70.6 Å². The van der Waals surface area contributed by atoms with Gasteiger partial charge >= 0.3 is 0 Å². The molecule has 0 spiro atoms. The first-order chi connectivity index (χ1) is 12.6. The second kappa shape index (κ2) is 13.7. The minimum atomic E-state index is -0.912. The van der Waals surface area contributed by atoms with Crippen LogP contribution in [-0.2, 0) is 5.60 Å². The summed E-state index contributed by atoms with van der Waals surface area (Å²) in [5.41, 5.74) is -0.912. The van der Waals surface area contributed by atoms with Crippen LogP contribution in [-0.4, -0.2) is 55.2 Å². The molecule has 1 unspecified atom stereocenters. The lowest BCUT2D eigenvalue weighted by molar-refractivity contribution is 0.0711. The number of hydrogen-bond acceptors (Lipinski definition) is 4. The van der Waals surface area contributed by atoms with E-state index < -0.39 is 5.60 Å². The maximum absolute atomic E-state index is 10.6. The molecule has 3 N–H and O–H groups in total. The molecule has 0 radical (unpaired) electrons. The molecule has 156 valence electrons. The molecule has 0 aromatic carbocycles. The van der Waals surface area contributed by atoms with Gasteiger partial charge in [0.05, 0.1) is 6.54 Å². The average Bonchev–Trinajstić information content (AvgIpc) is 3.19. The van der Waals surface area contributed by atoms with Crippen LogP contribution in [0.15, 0.2) is 22.5 Å². The number of rotatable bonds is 10.